The van der Waals surface area contributed by atoms with Gasteiger partial charge in [-0.05, 0) is 57.3 Å². The molecule has 1 atom stereocenters. The number of fused-ring (bicyclic) bond motifs is 1. The molecule has 0 aromatic carbocycles. The molecule has 4 rings (SSSR count). The van der Waals surface area contributed by atoms with Crippen LogP contribution < -0.4 is 16.0 Å². The average molecular weight is 484 g/mol. The lowest BCUT2D eigenvalue weighted by Gasteiger charge is -2.34. The van der Waals surface area contributed by atoms with Crippen LogP contribution in [-0.2, 0) is 6.42 Å². The highest BCUT2D eigenvalue weighted by Gasteiger charge is 2.22. The molecular formula is C25H38FN9. The maximum absolute atomic E-state index is 13.3. The quantitative estimate of drug-likeness (QED) is 0.453. The molecule has 1 aliphatic heterocycles. The fourth-order valence-electron chi connectivity index (χ4n) is 4.96. The lowest BCUT2D eigenvalue weighted by molar-refractivity contribution is 0.284. The van der Waals surface area contributed by atoms with Crippen LogP contribution >= 0.6 is 0 Å². The van der Waals surface area contributed by atoms with Gasteiger partial charge in [0, 0.05) is 32.3 Å². The number of piperidine rings is 1. The molecule has 0 aliphatic carbocycles. The second kappa shape index (κ2) is 11.2. The van der Waals surface area contributed by atoms with Crippen LogP contribution in [0.15, 0.2) is 18.5 Å². The number of nitrogens with one attached hydrogen (secondary N) is 1. The van der Waals surface area contributed by atoms with Crippen molar-refractivity contribution >= 4 is 23.2 Å². The summed E-state index contributed by atoms with van der Waals surface area (Å²) in [5, 5.41) is 7.62. The van der Waals surface area contributed by atoms with Crippen molar-refractivity contribution in [2.75, 3.05) is 56.4 Å². The van der Waals surface area contributed by atoms with E-state index in [0.29, 0.717) is 24.4 Å². The molecule has 3 aromatic heterocycles. The molecule has 0 amide bonds. The summed E-state index contributed by atoms with van der Waals surface area (Å²) in [7, 11) is 4.29. The first-order valence-electron chi connectivity index (χ1n) is 12.6. The highest BCUT2D eigenvalue weighted by Crippen LogP contribution is 2.26. The van der Waals surface area contributed by atoms with Gasteiger partial charge in [0.15, 0.2) is 11.5 Å². The second-order valence-electron chi connectivity index (χ2n) is 9.94. The highest BCUT2D eigenvalue weighted by molar-refractivity contribution is 5.61. The summed E-state index contributed by atoms with van der Waals surface area (Å²) in [5.41, 5.74) is 9.76. The number of pyridine rings is 1. The summed E-state index contributed by atoms with van der Waals surface area (Å²) >= 11 is 0. The molecule has 3 N–H and O–H groups in total. The summed E-state index contributed by atoms with van der Waals surface area (Å²) in [6, 6.07) is 1.86. The van der Waals surface area contributed by atoms with Crippen LogP contribution in [-0.4, -0.2) is 75.9 Å². The summed E-state index contributed by atoms with van der Waals surface area (Å²) in [6.45, 7) is 6.89. The number of nitrogen functional groups attached to an aromatic ring is 1. The van der Waals surface area contributed by atoms with Crippen LogP contribution in [0.25, 0.3) is 5.65 Å². The smallest absolute Gasteiger partial charge is 0.243 e. The monoisotopic (exact) mass is 483 g/mol. The van der Waals surface area contributed by atoms with Crippen molar-refractivity contribution in [3.8, 4) is 0 Å². The Labute approximate surface area is 206 Å². The second-order valence-corrected chi connectivity index (χ2v) is 9.94. The number of nitrogens with zero attached hydrogens (tertiary/aromatic N) is 7. The molecule has 0 spiro atoms. The van der Waals surface area contributed by atoms with E-state index < -0.39 is 6.67 Å². The van der Waals surface area contributed by atoms with E-state index in [0.717, 1.165) is 49.0 Å². The number of hydrogen-bond donors (Lipinski definition) is 2. The van der Waals surface area contributed by atoms with E-state index in [9.17, 15) is 4.39 Å². The fourth-order valence-corrected chi connectivity index (χ4v) is 4.96. The number of imidazole rings is 1. The highest BCUT2D eigenvalue weighted by atomic mass is 19.1. The lowest BCUT2D eigenvalue weighted by atomic mass is 9.96. The molecule has 35 heavy (non-hydrogen) atoms. The maximum Gasteiger partial charge on any atom is 0.243 e. The third kappa shape index (κ3) is 5.98. The van der Waals surface area contributed by atoms with Crippen LogP contribution in [0.3, 0.4) is 0 Å². The van der Waals surface area contributed by atoms with Gasteiger partial charge in [-0.1, -0.05) is 19.4 Å². The molecule has 4 heterocycles. The molecule has 1 unspecified atom stereocenters. The zero-order chi connectivity index (χ0) is 24.9. The number of rotatable bonds is 10. The Morgan fingerprint density at radius 1 is 1.23 bits per heavy atom. The van der Waals surface area contributed by atoms with E-state index in [1.165, 1.54) is 18.4 Å². The fraction of sp³-hybridized carbons (Fsp3) is 0.600. The van der Waals surface area contributed by atoms with Crippen LogP contribution in [0.2, 0.25) is 0 Å². The third-order valence-corrected chi connectivity index (χ3v) is 6.65. The zero-order valence-corrected chi connectivity index (χ0v) is 21.3. The largest absolute Gasteiger partial charge is 0.380 e. The standard InChI is InChI=1S/C25H38FN9/c1-5-6-20(13-26)30-25-31-22(27)24-29-15-21(35(24)32-25)12-19-11-17(2)23(28-14-19)34-9-7-18(8-10-34)16-33(3)4/h11,14-15,18,20H,5-10,12-13,16H2,1-4H3,(H3,27,30,31,32). The number of nitrogens with two attached hydrogens (primary N) is 1. The number of alkyl halides is 1. The van der Waals surface area contributed by atoms with Gasteiger partial charge in [0.05, 0.1) is 17.9 Å². The minimum atomic E-state index is -0.490. The number of anilines is 3. The third-order valence-electron chi connectivity index (χ3n) is 6.65. The molecule has 10 heteroatoms. The van der Waals surface area contributed by atoms with Crippen molar-refractivity contribution in [3.63, 3.8) is 0 Å². The van der Waals surface area contributed by atoms with Crippen LogP contribution in [0.5, 0.6) is 0 Å². The van der Waals surface area contributed by atoms with Crippen molar-refractivity contribution in [1.29, 1.82) is 0 Å². The summed E-state index contributed by atoms with van der Waals surface area (Å²) in [5.74, 6) is 2.41. The van der Waals surface area contributed by atoms with Crippen LogP contribution in [0.4, 0.5) is 22.0 Å². The molecular weight excluding hydrogens is 445 g/mol. The Hall–Kier alpha value is -3.01. The molecule has 0 saturated carbocycles. The topological polar surface area (TPSA) is 100 Å². The molecule has 9 nitrogen and oxygen atoms in total. The maximum atomic E-state index is 13.3. The molecule has 3 aromatic rings. The van der Waals surface area contributed by atoms with E-state index in [-0.39, 0.29) is 11.9 Å². The van der Waals surface area contributed by atoms with E-state index in [2.05, 4.69) is 57.3 Å². The predicted molar refractivity (Wildman–Crippen MR) is 139 cm³/mol. The van der Waals surface area contributed by atoms with Crippen molar-refractivity contribution in [2.45, 2.75) is 52.0 Å². The summed E-state index contributed by atoms with van der Waals surface area (Å²) < 4.78 is 15.0. The minimum Gasteiger partial charge on any atom is -0.380 e. The summed E-state index contributed by atoms with van der Waals surface area (Å²) in [6.07, 6.45) is 8.27. The van der Waals surface area contributed by atoms with Crippen molar-refractivity contribution in [3.05, 3.63) is 35.3 Å². The van der Waals surface area contributed by atoms with Crippen LogP contribution in [0.1, 0.15) is 49.4 Å². The van der Waals surface area contributed by atoms with Gasteiger partial charge in [0.25, 0.3) is 0 Å². The first-order valence-corrected chi connectivity index (χ1v) is 12.6. The van der Waals surface area contributed by atoms with Gasteiger partial charge >= 0.3 is 0 Å². The number of aromatic nitrogens is 5. The first-order chi connectivity index (χ1) is 16.9. The van der Waals surface area contributed by atoms with E-state index in [4.69, 9.17) is 10.7 Å². The number of halogens is 1. The SMILES string of the molecule is CCCC(CF)Nc1nc(N)c2ncc(Cc3cnc(N4CCC(CN(C)C)CC4)c(C)c3)n2n1. The van der Waals surface area contributed by atoms with E-state index >= 15 is 0 Å². The Bertz CT molecular complexity index is 1120. The van der Waals surface area contributed by atoms with Gasteiger partial charge in [-0.25, -0.2) is 18.9 Å². The van der Waals surface area contributed by atoms with Crippen LogP contribution in [0, 0.1) is 12.8 Å². The van der Waals surface area contributed by atoms with Gasteiger partial charge in [-0.2, -0.15) is 4.98 Å². The Balaban J connectivity index is 1.48. The molecule has 1 aliphatic rings. The average Bonchev–Trinajstić information content (AvgIpc) is 3.22. The number of aryl methyl sites for hydroxylation is 1. The Morgan fingerprint density at radius 3 is 2.66 bits per heavy atom. The molecule has 1 saturated heterocycles. The molecule has 1 fully saturated rings. The van der Waals surface area contributed by atoms with E-state index in [1.54, 1.807) is 10.7 Å². The summed E-state index contributed by atoms with van der Waals surface area (Å²) in [4.78, 5) is 18.2. The van der Waals surface area contributed by atoms with Gasteiger partial charge in [-0.15, -0.1) is 5.10 Å². The first kappa shape index (κ1) is 25.1. The molecule has 190 valence electrons. The van der Waals surface area contributed by atoms with Gasteiger partial charge < -0.3 is 20.9 Å². The molecule has 0 bridgehead atoms. The van der Waals surface area contributed by atoms with Gasteiger partial charge in [-0.3, -0.25) is 0 Å². The Morgan fingerprint density at radius 2 is 2.00 bits per heavy atom. The molecule has 0 radical (unpaired) electrons. The van der Waals surface area contributed by atoms with Gasteiger partial charge in [0.2, 0.25) is 5.95 Å². The number of hydrogen-bond acceptors (Lipinski definition) is 8. The van der Waals surface area contributed by atoms with Gasteiger partial charge in [0.1, 0.15) is 12.5 Å². The van der Waals surface area contributed by atoms with Crippen molar-refractivity contribution in [2.24, 2.45) is 5.92 Å². The zero-order valence-electron chi connectivity index (χ0n) is 21.3. The van der Waals surface area contributed by atoms with Crippen molar-refractivity contribution < 1.29 is 4.39 Å². The minimum absolute atomic E-state index is 0.269. The predicted octanol–water partition coefficient (Wildman–Crippen LogP) is 3.33. The lowest BCUT2D eigenvalue weighted by Crippen LogP contribution is -2.37. The Kier molecular flexibility index (Phi) is 8.00. The van der Waals surface area contributed by atoms with E-state index in [1.807, 2.05) is 13.1 Å². The normalized spacial score (nSPS) is 15.8. The van der Waals surface area contributed by atoms with Crippen molar-refractivity contribution in [1.82, 2.24) is 29.5 Å².